The highest BCUT2D eigenvalue weighted by Crippen LogP contribution is 2.37. The highest BCUT2D eigenvalue weighted by molar-refractivity contribution is 5.96. The standard InChI is InChI=1S/C25H27F3N4O3/c1-30(2)9-10-32(24(33)18-7-5-6-8-19(18)25(26,27)28)14-17-11-16-12-21-22(35-15-34-21)13-20(16)29-23(17)31(3)4/h5-8,11-13H,9-10,14-15H2,1-4H3. The number of amides is 1. The fourth-order valence-corrected chi connectivity index (χ4v) is 3.97. The zero-order valence-corrected chi connectivity index (χ0v) is 20.0. The zero-order chi connectivity index (χ0) is 25.3. The van der Waals surface area contributed by atoms with Gasteiger partial charge in [-0.2, -0.15) is 13.2 Å². The van der Waals surface area contributed by atoms with Crippen LogP contribution in [0.25, 0.3) is 10.9 Å². The number of pyridine rings is 1. The van der Waals surface area contributed by atoms with Crippen LogP contribution >= 0.6 is 0 Å². The van der Waals surface area contributed by atoms with E-state index in [-0.39, 0.29) is 25.4 Å². The number of hydrogen-bond acceptors (Lipinski definition) is 6. The molecule has 4 rings (SSSR count). The number of fused-ring (bicyclic) bond motifs is 2. The van der Waals surface area contributed by atoms with Gasteiger partial charge >= 0.3 is 6.18 Å². The van der Waals surface area contributed by atoms with E-state index >= 15 is 0 Å². The number of anilines is 1. The molecule has 0 bridgehead atoms. The highest BCUT2D eigenvalue weighted by Gasteiger charge is 2.36. The number of rotatable bonds is 7. The van der Waals surface area contributed by atoms with Crippen LogP contribution in [0.1, 0.15) is 21.5 Å². The maximum absolute atomic E-state index is 13.6. The molecule has 0 fully saturated rings. The molecule has 0 N–H and O–H groups in total. The van der Waals surface area contributed by atoms with Crippen LogP contribution in [0.4, 0.5) is 19.0 Å². The summed E-state index contributed by atoms with van der Waals surface area (Å²) in [4.78, 5) is 23.3. The predicted octanol–water partition coefficient (Wildman–Crippen LogP) is 4.25. The Hall–Kier alpha value is -3.53. The van der Waals surface area contributed by atoms with Gasteiger partial charge in [0.25, 0.3) is 5.91 Å². The topological polar surface area (TPSA) is 58.1 Å². The molecule has 0 radical (unpaired) electrons. The van der Waals surface area contributed by atoms with E-state index in [1.54, 1.807) is 6.07 Å². The van der Waals surface area contributed by atoms with Gasteiger partial charge in [0.2, 0.25) is 6.79 Å². The van der Waals surface area contributed by atoms with Crippen molar-refractivity contribution in [2.24, 2.45) is 0 Å². The third-order valence-corrected chi connectivity index (χ3v) is 5.72. The Balaban J connectivity index is 1.76. The molecular weight excluding hydrogens is 461 g/mol. The van der Waals surface area contributed by atoms with Gasteiger partial charge in [-0.15, -0.1) is 0 Å². The second-order valence-electron chi connectivity index (χ2n) is 8.84. The van der Waals surface area contributed by atoms with Crippen LogP contribution in [-0.4, -0.2) is 68.8 Å². The number of halogens is 3. The maximum atomic E-state index is 13.6. The van der Waals surface area contributed by atoms with Crippen LogP contribution in [-0.2, 0) is 12.7 Å². The zero-order valence-electron chi connectivity index (χ0n) is 20.0. The molecule has 0 atom stereocenters. The molecule has 1 aliphatic rings. The van der Waals surface area contributed by atoms with E-state index < -0.39 is 17.6 Å². The molecule has 1 amide bonds. The van der Waals surface area contributed by atoms with Gasteiger partial charge in [0.15, 0.2) is 11.5 Å². The third-order valence-electron chi connectivity index (χ3n) is 5.72. The molecule has 10 heteroatoms. The van der Waals surface area contributed by atoms with Crippen molar-refractivity contribution in [2.45, 2.75) is 12.7 Å². The van der Waals surface area contributed by atoms with E-state index in [0.717, 1.165) is 11.5 Å². The average Bonchev–Trinajstić information content (AvgIpc) is 3.25. The number of carbonyl (C=O) groups is 1. The first-order valence-corrected chi connectivity index (χ1v) is 11.1. The fraction of sp³-hybridized carbons (Fsp3) is 0.360. The number of likely N-dealkylation sites (N-methyl/N-ethyl adjacent to an activating group) is 1. The first-order chi connectivity index (χ1) is 16.5. The van der Waals surface area contributed by atoms with Gasteiger partial charge < -0.3 is 24.2 Å². The van der Waals surface area contributed by atoms with Gasteiger partial charge in [-0.25, -0.2) is 4.98 Å². The first-order valence-electron chi connectivity index (χ1n) is 11.1. The summed E-state index contributed by atoms with van der Waals surface area (Å²) in [7, 11) is 7.35. The summed E-state index contributed by atoms with van der Waals surface area (Å²) in [5.41, 5.74) is 0.0764. The second kappa shape index (κ2) is 9.61. The Morgan fingerprint density at radius 3 is 2.34 bits per heavy atom. The van der Waals surface area contributed by atoms with Crippen molar-refractivity contribution in [2.75, 3.05) is 53.0 Å². The van der Waals surface area contributed by atoms with Crippen LogP contribution in [0.5, 0.6) is 11.5 Å². The van der Waals surface area contributed by atoms with E-state index in [1.165, 1.54) is 23.1 Å². The van der Waals surface area contributed by atoms with E-state index in [2.05, 4.69) is 0 Å². The summed E-state index contributed by atoms with van der Waals surface area (Å²) >= 11 is 0. The number of alkyl halides is 3. The molecule has 7 nitrogen and oxygen atoms in total. The lowest BCUT2D eigenvalue weighted by Gasteiger charge is -2.28. The van der Waals surface area contributed by atoms with Crippen molar-refractivity contribution in [3.8, 4) is 11.5 Å². The molecule has 2 heterocycles. The molecule has 0 saturated carbocycles. The molecule has 1 aromatic heterocycles. The highest BCUT2D eigenvalue weighted by atomic mass is 19.4. The Morgan fingerprint density at radius 1 is 1.00 bits per heavy atom. The lowest BCUT2D eigenvalue weighted by Crippen LogP contribution is -2.37. The van der Waals surface area contributed by atoms with Crippen molar-refractivity contribution in [1.82, 2.24) is 14.8 Å². The van der Waals surface area contributed by atoms with E-state index in [1.807, 2.05) is 50.1 Å². The minimum Gasteiger partial charge on any atom is -0.454 e. The minimum absolute atomic E-state index is 0.0871. The monoisotopic (exact) mass is 488 g/mol. The molecule has 1 aliphatic heterocycles. The Bertz CT molecular complexity index is 1240. The molecule has 0 saturated heterocycles. The Morgan fingerprint density at radius 2 is 1.69 bits per heavy atom. The number of hydrogen-bond donors (Lipinski definition) is 0. The molecule has 0 unspecified atom stereocenters. The number of aromatic nitrogens is 1. The first kappa shape index (κ1) is 24.6. The van der Waals surface area contributed by atoms with Crippen LogP contribution in [0, 0.1) is 0 Å². The van der Waals surface area contributed by atoms with Crippen molar-refractivity contribution in [3.05, 3.63) is 59.2 Å². The van der Waals surface area contributed by atoms with Crippen molar-refractivity contribution >= 4 is 22.6 Å². The van der Waals surface area contributed by atoms with Gasteiger partial charge in [0, 0.05) is 50.7 Å². The second-order valence-corrected chi connectivity index (χ2v) is 8.84. The summed E-state index contributed by atoms with van der Waals surface area (Å²) in [5, 5.41) is 0.783. The summed E-state index contributed by atoms with van der Waals surface area (Å²) < 4.78 is 51.9. The summed E-state index contributed by atoms with van der Waals surface area (Å²) in [6.45, 7) is 0.940. The van der Waals surface area contributed by atoms with Crippen LogP contribution in [0.15, 0.2) is 42.5 Å². The van der Waals surface area contributed by atoms with Gasteiger partial charge in [-0.1, -0.05) is 12.1 Å². The average molecular weight is 489 g/mol. The number of benzene rings is 2. The van der Waals surface area contributed by atoms with E-state index in [9.17, 15) is 18.0 Å². The molecule has 0 spiro atoms. The molecule has 0 aliphatic carbocycles. The van der Waals surface area contributed by atoms with Crippen LogP contribution < -0.4 is 14.4 Å². The van der Waals surface area contributed by atoms with Gasteiger partial charge in [0.05, 0.1) is 16.6 Å². The minimum atomic E-state index is -4.64. The molecular formula is C25H27F3N4O3. The summed E-state index contributed by atoms with van der Waals surface area (Å²) in [5.74, 6) is 1.13. The Kier molecular flexibility index (Phi) is 6.75. The maximum Gasteiger partial charge on any atom is 0.417 e. The van der Waals surface area contributed by atoms with Gasteiger partial charge in [-0.3, -0.25) is 4.79 Å². The number of ether oxygens (including phenoxy) is 2. The number of carbonyl (C=O) groups excluding carboxylic acids is 1. The lowest BCUT2D eigenvalue weighted by molar-refractivity contribution is -0.138. The molecule has 3 aromatic rings. The van der Waals surface area contributed by atoms with E-state index in [0.29, 0.717) is 34.9 Å². The quantitative estimate of drug-likeness (QED) is 0.496. The van der Waals surface area contributed by atoms with Crippen LogP contribution in [0.2, 0.25) is 0 Å². The summed E-state index contributed by atoms with van der Waals surface area (Å²) in [6.07, 6.45) is -4.64. The molecule has 35 heavy (non-hydrogen) atoms. The van der Waals surface area contributed by atoms with Gasteiger partial charge in [0.1, 0.15) is 5.82 Å². The molecule has 186 valence electrons. The summed E-state index contributed by atoms with van der Waals surface area (Å²) in [6, 6.07) is 10.4. The largest absolute Gasteiger partial charge is 0.454 e. The smallest absolute Gasteiger partial charge is 0.417 e. The van der Waals surface area contributed by atoms with Gasteiger partial charge in [-0.05, 0) is 38.4 Å². The Labute approximate surface area is 201 Å². The normalized spacial score (nSPS) is 12.9. The molecule has 2 aromatic carbocycles. The number of nitrogens with zero attached hydrogens (tertiary/aromatic N) is 4. The fourth-order valence-electron chi connectivity index (χ4n) is 3.97. The third kappa shape index (κ3) is 5.27. The van der Waals surface area contributed by atoms with E-state index in [4.69, 9.17) is 14.5 Å². The lowest BCUT2D eigenvalue weighted by atomic mass is 10.0. The van der Waals surface area contributed by atoms with Crippen molar-refractivity contribution < 1.29 is 27.4 Å². The van der Waals surface area contributed by atoms with Crippen LogP contribution in [0.3, 0.4) is 0 Å². The van der Waals surface area contributed by atoms with Crippen molar-refractivity contribution in [1.29, 1.82) is 0 Å². The van der Waals surface area contributed by atoms with Crippen molar-refractivity contribution in [3.63, 3.8) is 0 Å². The SMILES string of the molecule is CN(C)CCN(Cc1cc2cc3c(cc2nc1N(C)C)OCO3)C(=O)c1ccccc1C(F)(F)F. The predicted molar refractivity (Wildman–Crippen MR) is 127 cm³/mol.